The van der Waals surface area contributed by atoms with Crippen molar-refractivity contribution in [2.24, 2.45) is 5.92 Å². The second kappa shape index (κ2) is 8.88. The smallest absolute Gasteiger partial charge is 0.241 e. The Bertz CT molecular complexity index is 978. The Hall–Kier alpha value is -2.51. The van der Waals surface area contributed by atoms with Gasteiger partial charge in [-0.25, -0.2) is 0 Å². The van der Waals surface area contributed by atoms with Crippen molar-refractivity contribution in [3.05, 3.63) is 64.5 Å². The largest absolute Gasteiger partial charge is 0.338 e. The Kier molecular flexibility index (Phi) is 6.06. The van der Waals surface area contributed by atoms with Gasteiger partial charge in [-0.15, -0.1) is 0 Å². The first-order chi connectivity index (χ1) is 14.1. The number of amides is 1. The zero-order valence-corrected chi connectivity index (χ0v) is 17.9. The van der Waals surface area contributed by atoms with E-state index in [0.29, 0.717) is 18.3 Å². The van der Waals surface area contributed by atoms with E-state index in [1.807, 2.05) is 55.5 Å². The summed E-state index contributed by atoms with van der Waals surface area (Å²) < 4.78 is 6.44. The highest BCUT2D eigenvalue weighted by molar-refractivity contribution is 9.10. The first-order valence-electron chi connectivity index (χ1n) is 9.76. The normalized spacial score (nSPS) is 15.4. The number of halogens is 1. The monoisotopic (exact) mass is 454 g/mol. The summed E-state index contributed by atoms with van der Waals surface area (Å²) in [7, 11) is 0. The van der Waals surface area contributed by atoms with Gasteiger partial charge in [-0.05, 0) is 68.8 Å². The number of carbonyl (C=O) groups is 1. The molecule has 150 valence electrons. The molecule has 1 fully saturated rings. The highest BCUT2D eigenvalue weighted by atomic mass is 79.9. The summed E-state index contributed by atoms with van der Waals surface area (Å²) in [5.74, 6) is 1.34. The quantitative estimate of drug-likeness (QED) is 0.606. The molecule has 0 atom stereocenters. The molecule has 0 saturated carbocycles. The fourth-order valence-corrected chi connectivity index (χ4v) is 3.79. The molecule has 29 heavy (non-hydrogen) atoms. The van der Waals surface area contributed by atoms with Crippen LogP contribution >= 0.6 is 15.9 Å². The van der Waals surface area contributed by atoms with Crippen LogP contribution < -0.4 is 5.32 Å². The minimum atomic E-state index is 0.0341. The Morgan fingerprint density at radius 3 is 2.62 bits per heavy atom. The minimum absolute atomic E-state index is 0.0341. The number of nitrogens with zero attached hydrogens (tertiary/aromatic N) is 3. The predicted molar refractivity (Wildman–Crippen MR) is 115 cm³/mol. The van der Waals surface area contributed by atoms with E-state index in [0.717, 1.165) is 47.2 Å². The summed E-state index contributed by atoms with van der Waals surface area (Å²) in [5, 5.41) is 7.16. The number of likely N-dealkylation sites (tertiary alicyclic amines) is 1. The summed E-state index contributed by atoms with van der Waals surface area (Å²) >= 11 is 3.43. The van der Waals surface area contributed by atoms with Crippen LogP contribution in [0.4, 0.5) is 5.69 Å². The van der Waals surface area contributed by atoms with Crippen LogP contribution in [0.3, 0.4) is 0 Å². The Morgan fingerprint density at radius 1 is 1.17 bits per heavy atom. The number of aromatic nitrogens is 2. The van der Waals surface area contributed by atoms with Crippen LogP contribution in [0.5, 0.6) is 0 Å². The van der Waals surface area contributed by atoms with E-state index in [1.165, 1.54) is 0 Å². The van der Waals surface area contributed by atoms with E-state index in [2.05, 4.69) is 36.3 Å². The standard InChI is InChI=1S/C22H23BrN4O2/c1-15-4-2-3-5-19(15)24-22(28)17-10-12-27(13-11-17)14-20-25-21(26-29-20)16-6-8-18(23)9-7-16/h2-9,17H,10-14H2,1H3,(H,24,28). The number of anilines is 1. The first-order valence-corrected chi connectivity index (χ1v) is 10.5. The molecular weight excluding hydrogens is 432 g/mol. The number of para-hydroxylation sites is 1. The summed E-state index contributed by atoms with van der Waals surface area (Å²) in [6.45, 7) is 4.28. The van der Waals surface area contributed by atoms with Crippen molar-refractivity contribution in [1.82, 2.24) is 15.0 Å². The Labute approximate surface area is 178 Å². The van der Waals surface area contributed by atoms with Crippen molar-refractivity contribution in [1.29, 1.82) is 0 Å². The molecular formula is C22H23BrN4O2. The summed E-state index contributed by atoms with van der Waals surface area (Å²) in [6, 6.07) is 15.7. The molecule has 0 bridgehead atoms. The van der Waals surface area contributed by atoms with Gasteiger partial charge in [-0.1, -0.05) is 39.3 Å². The van der Waals surface area contributed by atoms with Crippen LogP contribution in [-0.2, 0) is 11.3 Å². The van der Waals surface area contributed by atoms with Gasteiger partial charge in [0.05, 0.1) is 6.54 Å². The minimum Gasteiger partial charge on any atom is -0.338 e. The van der Waals surface area contributed by atoms with Gasteiger partial charge in [-0.2, -0.15) is 4.98 Å². The van der Waals surface area contributed by atoms with Gasteiger partial charge in [-0.3, -0.25) is 9.69 Å². The van der Waals surface area contributed by atoms with Gasteiger partial charge < -0.3 is 9.84 Å². The van der Waals surface area contributed by atoms with Crippen molar-refractivity contribution in [3.8, 4) is 11.4 Å². The average molecular weight is 455 g/mol. The number of benzene rings is 2. The molecule has 3 aromatic rings. The van der Waals surface area contributed by atoms with Crippen molar-refractivity contribution >= 4 is 27.5 Å². The molecule has 1 aliphatic rings. The molecule has 1 saturated heterocycles. The zero-order chi connectivity index (χ0) is 20.2. The number of aryl methyl sites for hydroxylation is 1. The molecule has 6 nitrogen and oxygen atoms in total. The maximum Gasteiger partial charge on any atom is 0.241 e. The fourth-order valence-electron chi connectivity index (χ4n) is 3.53. The highest BCUT2D eigenvalue weighted by Crippen LogP contribution is 2.23. The van der Waals surface area contributed by atoms with E-state index in [9.17, 15) is 4.79 Å². The van der Waals surface area contributed by atoms with Gasteiger partial charge in [0.15, 0.2) is 0 Å². The van der Waals surface area contributed by atoms with Crippen molar-refractivity contribution in [3.63, 3.8) is 0 Å². The number of piperidine rings is 1. The zero-order valence-electron chi connectivity index (χ0n) is 16.3. The van der Waals surface area contributed by atoms with E-state index in [4.69, 9.17) is 4.52 Å². The van der Waals surface area contributed by atoms with Gasteiger partial charge >= 0.3 is 0 Å². The van der Waals surface area contributed by atoms with Crippen LogP contribution in [0.2, 0.25) is 0 Å². The number of nitrogens with one attached hydrogen (secondary N) is 1. The molecule has 1 N–H and O–H groups in total. The molecule has 2 aromatic carbocycles. The highest BCUT2D eigenvalue weighted by Gasteiger charge is 2.26. The third-order valence-corrected chi connectivity index (χ3v) is 5.82. The first kappa shape index (κ1) is 19.8. The maximum absolute atomic E-state index is 12.6. The Balaban J connectivity index is 1.29. The van der Waals surface area contributed by atoms with Crippen molar-refractivity contribution in [2.45, 2.75) is 26.3 Å². The molecule has 0 spiro atoms. The van der Waals surface area contributed by atoms with Crippen LogP contribution in [0.1, 0.15) is 24.3 Å². The SMILES string of the molecule is Cc1ccccc1NC(=O)C1CCN(Cc2nc(-c3ccc(Br)cc3)no2)CC1. The lowest BCUT2D eigenvalue weighted by Gasteiger charge is -2.30. The van der Waals surface area contributed by atoms with Gasteiger partial charge in [0.2, 0.25) is 17.6 Å². The van der Waals surface area contributed by atoms with E-state index < -0.39 is 0 Å². The molecule has 2 heterocycles. The molecule has 1 aromatic heterocycles. The lowest BCUT2D eigenvalue weighted by atomic mass is 9.95. The van der Waals surface area contributed by atoms with Gasteiger partial charge in [0.25, 0.3) is 0 Å². The molecule has 0 aliphatic carbocycles. The predicted octanol–water partition coefficient (Wildman–Crippen LogP) is 4.66. The summed E-state index contributed by atoms with van der Waals surface area (Å²) in [6.07, 6.45) is 1.65. The lowest BCUT2D eigenvalue weighted by molar-refractivity contribution is -0.121. The fraction of sp³-hybridized carbons (Fsp3) is 0.318. The number of hydrogen-bond donors (Lipinski definition) is 1. The third kappa shape index (κ3) is 4.92. The topological polar surface area (TPSA) is 71.3 Å². The molecule has 0 unspecified atom stereocenters. The van der Waals surface area contributed by atoms with E-state index in [1.54, 1.807) is 0 Å². The Morgan fingerprint density at radius 2 is 1.90 bits per heavy atom. The molecule has 7 heteroatoms. The second-order valence-corrected chi connectivity index (χ2v) is 8.29. The van der Waals surface area contributed by atoms with Crippen LogP contribution in [0.25, 0.3) is 11.4 Å². The molecule has 1 aliphatic heterocycles. The van der Waals surface area contributed by atoms with Crippen LogP contribution in [0, 0.1) is 12.8 Å². The van der Waals surface area contributed by atoms with Gasteiger partial charge in [0, 0.05) is 21.6 Å². The second-order valence-electron chi connectivity index (χ2n) is 7.37. The van der Waals surface area contributed by atoms with Crippen molar-refractivity contribution in [2.75, 3.05) is 18.4 Å². The number of rotatable bonds is 5. The summed E-state index contributed by atoms with van der Waals surface area (Å²) in [5.41, 5.74) is 2.90. The van der Waals surface area contributed by atoms with Crippen LogP contribution in [-0.4, -0.2) is 34.0 Å². The van der Waals surface area contributed by atoms with Crippen LogP contribution in [0.15, 0.2) is 57.5 Å². The molecule has 0 radical (unpaired) electrons. The number of hydrogen-bond acceptors (Lipinski definition) is 5. The van der Waals surface area contributed by atoms with Gasteiger partial charge in [0.1, 0.15) is 0 Å². The van der Waals surface area contributed by atoms with E-state index in [-0.39, 0.29) is 11.8 Å². The lowest BCUT2D eigenvalue weighted by Crippen LogP contribution is -2.37. The average Bonchev–Trinajstić information content (AvgIpc) is 3.19. The molecule has 4 rings (SSSR count). The van der Waals surface area contributed by atoms with E-state index >= 15 is 0 Å². The summed E-state index contributed by atoms with van der Waals surface area (Å²) in [4.78, 5) is 19.4. The number of carbonyl (C=O) groups excluding carboxylic acids is 1. The van der Waals surface area contributed by atoms with Crippen molar-refractivity contribution < 1.29 is 9.32 Å². The molecule has 1 amide bonds. The maximum atomic E-state index is 12.6. The third-order valence-electron chi connectivity index (χ3n) is 5.29.